The molecule has 19 heavy (non-hydrogen) atoms. The van der Waals surface area contributed by atoms with Crippen LogP contribution in [0.15, 0.2) is 0 Å². The van der Waals surface area contributed by atoms with Gasteiger partial charge in [0, 0.05) is 19.6 Å². The standard InChI is InChI=1S/3C3H7NO2.Fe/c3*1-4-2-3(5)6;/h3*4H,2H2,1H3,(H,5,6);/q;;;+3/p-3. The maximum Gasteiger partial charge on any atom is 3.00 e. The molecule has 0 aromatic carbocycles. The number of carbonyl (C=O) groups is 3. The average Bonchev–Trinajstić information content (AvgIpc) is 2.18. The van der Waals surface area contributed by atoms with E-state index in [0.29, 0.717) is 0 Å². The summed E-state index contributed by atoms with van der Waals surface area (Å²) in [5.74, 6) is -3.22. The summed E-state index contributed by atoms with van der Waals surface area (Å²) < 4.78 is 0. The first-order chi connectivity index (χ1) is 8.31. The van der Waals surface area contributed by atoms with E-state index in [-0.39, 0.29) is 36.7 Å². The second-order valence-corrected chi connectivity index (χ2v) is 2.71. The summed E-state index contributed by atoms with van der Waals surface area (Å²) in [6.45, 7) is -0.208. The molecule has 0 amide bonds. The van der Waals surface area contributed by atoms with Crippen molar-refractivity contribution in [3.8, 4) is 0 Å². The monoisotopic (exact) mass is 320 g/mol. The third-order valence-electron chi connectivity index (χ3n) is 0.963. The molecule has 9 nitrogen and oxygen atoms in total. The van der Waals surface area contributed by atoms with Gasteiger partial charge in [0.05, 0.1) is 17.9 Å². The predicted molar refractivity (Wildman–Crippen MR) is 56.8 cm³/mol. The van der Waals surface area contributed by atoms with Crippen LogP contribution in [-0.2, 0) is 31.5 Å². The Morgan fingerprint density at radius 2 is 0.842 bits per heavy atom. The van der Waals surface area contributed by atoms with E-state index in [9.17, 15) is 29.7 Å². The largest absolute Gasteiger partial charge is 3.00 e. The summed E-state index contributed by atoms with van der Waals surface area (Å²) in [7, 11) is 4.65. The number of carbonyl (C=O) groups excluding carboxylic acids is 3. The first kappa shape index (κ1) is 26.4. The van der Waals surface area contributed by atoms with Gasteiger partial charge in [0.1, 0.15) is 0 Å². The van der Waals surface area contributed by atoms with Gasteiger partial charge in [-0.3, -0.25) is 0 Å². The fourth-order valence-electron chi connectivity index (χ4n) is 0.433. The number of carboxylic acid groups (broad SMARTS) is 3. The zero-order valence-electron chi connectivity index (χ0n) is 10.9. The summed E-state index contributed by atoms with van der Waals surface area (Å²) in [4.78, 5) is 28.3. The van der Waals surface area contributed by atoms with E-state index < -0.39 is 17.9 Å². The van der Waals surface area contributed by atoms with Crippen molar-refractivity contribution in [1.29, 1.82) is 0 Å². The van der Waals surface area contributed by atoms with Crippen molar-refractivity contribution in [2.24, 2.45) is 0 Å². The summed E-state index contributed by atoms with van der Waals surface area (Å²) in [6, 6.07) is 0. The fourth-order valence-corrected chi connectivity index (χ4v) is 0.433. The third kappa shape index (κ3) is 60.4. The normalized spacial score (nSPS) is 7.74. The number of aliphatic carboxylic acids is 3. The molecule has 0 aromatic heterocycles. The van der Waals surface area contributed by atoms with Crippen LogP contribution in [-0.4, -0.2) is 58.7 Å². The quantitative estimate of drug-likeness (QED) is 0.405. The fraction of sp³-hybridized carbons (Fsp3) is 0.667. The Labute approximate surface area is 122 Å². The second-order valence-electron chi connectivity index (χ2n) is 2.71. The maximum absolute atomic E-state index is 9.43. The molecule has 0 fully saturated rings. The minimum Gasteiger partial charge on any atom is -0.549 e. The van der Waals surface area contributed by atoms with E-state index in [2.05, 4.69) is 16.0 Å². The van der Waals surface area contributed by atoms with Crippen molar-refractivity contribution in [1.82, 2.24) is 16.0 Å². The topological polar surface area (TPSA) is 156 Å². The van der Waals surface area contributed by atoms with E-state index in [1.807, 2.05) is 0 Å². The van der Waals surface area contributed by atoms with Crippen molar-refractivity contribution in [2.45, 2.75) is 0 Å². The molecule has 0 rings (SSSR count). The van der Waals surface area contributed by atoms with Crippen molar-refractivity contribution < 1.29 is 46.8 Å². The molecule has 0 bridgehead atoms. The Morgan fingerprint density at radius 1 is 0.684 bits per heavy atom. The van der Waals surface area contributed by atoms with Crippen LogP contribution in [0.4, 0.5) is 0 Å². The molecule has 0 aliphatic carbocycles. The number of rotatable bonds is 6. The van der Waals surface area contributed by atoms with Crippen LogP contribution < -0.4 is 31.3 Å². The number of hydrogen-bond donors (Lipinski definition) is 3. The smallest absolute Gasteiger partial charge is 0.549 e. The van der Waals surface area contributed by atoms with Crippen LogP contribution in [0.5, 0.6) is 0 Å². The van der Waals surface area contributed by atoms with Gasteiger partial charge >= 0.3 is 17.1 Å². The maximum atomic E-state index is 9.43. The number of likely N-dealkylation sites (N-methyl/N-ethyl adjacent to an activating group) is 3. The van der Waals surface area contributed by atoms with Crippen LogP contribution in [0.25, 0.3) is 0 Å². The Kier molecular flexibility index (Phi) is 30.6. The molecule has 0 atom stereocenters. The van der Waals surface area contributed by atoms with E-state index in [1.165, 1.54) is 0 Å². The van der Waals surface area contributed by atoms with Crippen LogP contribution in [0, 0.1) is 0 Å². The first-order valence-corrected chi connectivity index (χ1v) is 4.85. The van der Waals surface area contributed by atoms with Gasteiger partial charge in [-0.15, -0.1) is 0 Å². The van der Waals surface area contributed by atoms with E-state index >= 15 is 0 Å². The van der Waals surface area contributed by atoms with Crippen LogP contribution in [0.2, 0.25) is 0 Å². The Bertz CT molecular complexity index is 202. The van der Waals surface area contributed by atoms with Gasteiger partial charge in [-0.2, -0.15) is 0 Å². The van der Waals surface area contributed by atoms with Gasteiger partial charge in [0.2, 0.25) is 0 Å². The zero-order chi connectivity index (χ0) is 15.0. The molecule has 0 unspecified atom stereocenters. The van der Waals surface area contributed by atoms with Gasteiger partial charge in [0.15, 0.2) is 0 Å². The van der Waals surface area contributed by atoms with E-state index in [1.54, 1.807) is 21.1 Å². The van der Waals surface area contributed by atoms with Crippen LogP contribution in [0.1, 0.15) is 0 Å². The number of nitrogens with one attached hydrogen (secondary N) is 3. The van der Waals surface area contributed by atoms with E-state index in [4.69, 9.17) is 0 Å². The van der Waals surface area contributed by atoms with Gasteiger partial charge in [-0.1, -0.05) is 0 Å². The minimum absolute atomic E-state index is 0. The molecule has 1 radical (unpaired) electrons. The average molecular weight is 320 g/mol. The summed E-state index contributed by atoms with van der Waals surface area (Å²) in [6.07, 6.45) is 0. The third-order valence-corrected chi connectivity index (χ3v) is 0.963. The molecule has 0 aliphatic rings. The summed E-state index contributed by atoms with van der Waals surface area (Å²) in [5.41, 5.74) is 0. The van der Waals surface area contributed by atoms with Gasteiger partial charge in [0.25, 0.3) is 0 Å². The van der Waals surface area contributed by atoms with Gasteiger partial charge < -0.3 is 45.7 Å². The van der Waals surface area contributed by atoms with Crippen molar-refractivity contribution in [3.05, 3.63) is 0 Å². The van der Waals surface area contributed by atoms with Crippen molar-refractivity contribution in [3.63, 3.8) is 0 Å². The van der Waals surface area contributed by atoms with Gasteiger partial charge in [-0.05, 0) is 21.1 Å². The molecule has 0 saturated heterocycles. The number of hydrogen-bond acceptors (Lipinski definition) is 9. The van der Waals surface area contributed by atoms with Crippen molar-refractivity contribution in [2.75, 3.05) is 40.8 Å². The van der Waals surface area contributed by atoms with Gasteiger partial charge in [-0.25, -0.2) is 0 Å². The zero-order valence-corrected chi connectivity index (χ0v) is 12.0. The molecular formula is C9H18FeN3O6. The molecule has 0 heterocycles. The summed E-state index contributed by atoms with van der Waals surface area (Å²) >= 11 is 0. The molecule has 0 saturated carbocycles. The molecule has 0 aliphatic heterocycles. The molecule has 0 aromatic rings. The second kappa shape index (κ2) is 22.0. The summed E-state index contributed by atoms with van der Waals surface area (Å²) in [5, 5.41) is 35.5. The molecule has 3 N–H and O–H groups in total. The first-order valence-electron chi connectivity index (χ1n) is 4.85. The molecule has 0 spiro atoms. The minimum atomic E-state index is -1.07. The predicted octanol–water partition coefficient (Wildman–Crippen LogP) is -6.14. The Hall–Kier alpha value is -1.19. The van der Waals surface area contributed by atoms with Crippen molar-refractivity contribution >= 4 is 17.9 Å². The van der Waals surface area contributed by atoms with Crippen LogP contribution >= 0.6 is 0 Å². The van der Waals surface area contributed by atoms with E-state index in [0.717, 1.165) is 0 Å². The molecular weight excluding hydrogens is 302 g/mol. The SMILES string of the molecule is CNCC(=O)[O-].CNCC(=O)[O-].CNCC(=O)[O-].[Fe+3]. The number of carboxylic acids is 3. The molecule has 10 heteroatoms. The molecule has 113 valence electrons. The Morgan fingerprint density at radius 3 is 0.842 bits per heavy atom. The van der Waals surface area contributed by atoms with Crippen LogP contribution in [0.3, 0.4) is 0 Å². The Balaban J connectivity index is -0.0000000865.